The molecule has 1 aromatic carbocycles. The number of carbonyl (C=O) groups excluding carboxylic acids is 2. The van der Waals surface area contributed by atoms with Gasteiger partial charge in [-0.2, -0.15) is 26.9 Å². The molecule has 3 heterocycles. The maximum Gasteiger partial charge on any atom is 0.417 e. The van der Waals surface area contributed by atoms with Crippen LogP contribution in [0.5, 0.6) is 0 Å². The van der Waals surface area contributed by atoms with Crippen LogP contribution in [-0.4, -0.2) is 55.0 Å². The number of rotatable bonds is 3. The number of carbonyl (C=O) groups is 2. The van der Waals surface area contributed by atoms with Crippen LogP contribution in [0, 0.1) is 23.2 Å². The summed E-state index contributed by atoms with van der Waals surface area (Å²) in [4.78, 5) is 27.0. The molecule has 4 rings (SSSR count). The van der Waals surface area contributed by atoms with E-state index in [4.69, 9.17) is 14.2 Å². The number of alkyl halides is 3. The number of anilines is 1. The minimum absolute atomic E-state index is 0.401. The summed E-state index contributed by atoms with van der Waals surface area (Å²) in [6.07, 6.45) is -7.27. The molecule has 0 saturated carbocycles. The zero-order valence-corrected chi connectivity index (χ0v) is 17.7. The van der Waals surface area contributed by atoms with Crippen LogP contribution in [0.2, 0.25) is 0 Å². The predicted octanol–water partition coefficient (Wildman–Crippen LogP) is 0.950. The van der Waals surface area contributed by atoms with E-state index in [2.05, 4.69) is 0 Å². The number of aliphatic hydroxyl groups excluding tert-OH is 1. The van der Waals surface area contributed by atoms with Crippen LogP contribution in [0.3, 0.4) is 0 Å². The van der Waals surface area contributed by atoms with Crippen LogP contribution in [-0.2, 0) is 34.8 Å². The van der Waals surface area contributed by atoms with Crippen molar-refractivity contribution in [3.05, 3.63) is 29.3 Å². The first-order valence-corrected chi connectivity index (χ1v) is 11.1. The quantitative estimate of drug-likeness (QED) is 0.506. The summed E-state index contributed by atoms with van der Waals surface area (Å²) in [6, 6.07) is 3.84. The van der Waals surface area contributed by atoms with E-state index in [1.807, 2.05) is 0 Å². The van der Waals surface area contributed by atoms with Crippen molar-refractivity contribution in [3.63, 3.8) is 0 Å². The first kappa shape index (κ1) is 22.7. The van der Waals surface area contributed by atoms with E-state index in [1.165, 1.54) is 19.9 Å². The molecule has 1 aromatic rings. The van der Waals surface area contributed by atoms with Gasteiger partial charge in [0.25, 0.3) is 10.1 Å². The van der Waals surface area contributed by atoms with E-state index in [9.17, 15) is 36.3 Å². The highest BCUT2D eigenvalue weighted by Crippen LogP contribution is 2.62. The van der Waals surface area contributed by atoms with Gasteiger partial charge in [-0.15, -0.1) is 0 Å². The smallest absolute Gasteiger partial charge is 0.387 e. The first-order chi connectivity index (χ1) is 14.6. The van der Waals surface area contributed by atoms with Crippen LogP contribution in [0.4, 0.5) is 18.9 Å². The molecule has 2 amide bonds. The molecule has 0 aromatic heterocycles. The lowest BCUT2D eigenvalue weighted by Gasteiger charge is -2.37. The number of nitriles is 1. The molecule has 0 spiro atoms. The highest BCUT2D eigenvalue weighted by atomic mass is 32.2. The lowest BCUT2D eigenvalue weighted by atomic mass is 9.66. The van der Waals surface area contributed by atoms with Crippen molar-refractivity contribution < 1.29 is 45.2 Å². The Morgan fingerprint density at radius 1 is 1.19 bits per heavy atom. The van der Waals surface area contributed by atoms with Gasteiger partial charge in [0.2, 0.25) is 11.8 Å². The molecule has 2 bridgehead atoms. The van der Waals surface area contributed by atoms with Gasteiger partial charge in [-0.3, -0.25) is 13.8 Å². The molecule has 3 fully saturated rings. The zero-order chi connectivity index (χ0) is 24.0. The minimum atomic E-state index is -4.91. The van der Waals surface area contributed by atoms with Crippen molar-refractivity contribution in [1.82, 2.24) is 0 Å². The third-order valence-corrected chi connectivity index (χ3v) is 6.94. The molecule has 32 heavy (non-hydrogen) atoms. The van der Waals surface area contributed by atoms with Gasteiger partial charge in [0, 0.05) is 0 Å². The Labute approximate surface area is 180 Å². The fraction of sp³-hybridized carbons (Fsp3) is 0.526. The number of ether oxygens (including phenoxy) is 1. The molecule has 3 aliphatic heterocycles. The number of fused-ring (bicyclic) bond motifs is 5. The lowest BCUT2D eigenvalue weighted by molar-refractivity contribution is -0.138. The maximum absolute atomic E-state index is 13.4. The number of nitrogens with zero attached hydrogens (tertiary/aromatic N) is 2. The summed E-state index contributed by atoms with van der Waals surface area (Å²) in [5.41, 5.74) is -5.84. The van der Waals surface area contributed by atoms with Gasteiger partial charge >= 0.3 is 6.18 Å². The Hall–Kier alpha value is -2.53. The third-order valence-electron chi connectivity index (χ3n) is 6.39. The van der Waals surface area contributed by atoms with Crippen LogP contribution in [0.25, 0.3) is 0 Å². The first-order valence-electron chi connectivity index (χ1n) is 9.32. The van der Waals surface area contributed by atoms with Crippen LogP contribution in [0.15, 0.2) is 18.2 Å². The van der Waals surface area contributed by atoms with Gasteiger partial charge in [-0.25, -0.2) is 4.90 Å². The second kappa shape index (κ2) is 6.50. The number of benzene rings is 1. The van der Waals surface area contributed by atoms with E-state index < -0.39 is 80.2 Å². The Morgan fingerprint density at radius 3 is 2.25 bits per heavy atom. The molecular formula is C19H17F3N2O7S. The van der Waals surface area contributed by atoms with E-state index >= 15 is 0 Å². The standard InChI is InChI=1S/C19H17F3N2O7S/c1-17-11-12(18(2,31-17)14(13(17)25)30-32(3,28)29)16(27)24(15(11)26)9-5-4-8(7-23)10(6-9)19(20,21)22/h4-6,11-14,25H,1-3H3/t11-,12+,13-,14-,17+,18?/m1/s1. The number of hydrogen-bond donors (Lipinski definition) is 1. The summed E-state index contributed by atoms with van der Waals surface area (Å²) in [5.74, 6) is -4.40. The lowest BCUT2D eigenvalue weighted by Crippen LogP contribution is -2.58. The molecule has 172 valence electrons. The van der Waals surface area contributed by atoms with Gasteiger partial charge < -0.3 is 9.84 Å². The van der Waals surface area contributed by atoms with Gasteiger partial charge in [0.05, 0.1) is 41.0 Å². The van der Waals surface area contributed by atoms with E-state index in [0.717, 1.165) is 18.4 Å². The normalized spacial score (nSPS) is 36.5. The second-order valence-electron chi connectivity index (χ2n) is 8.44. The molecule has 3 aliphatic rings. The number of halogens is 3. The molecule has 1 unspecified atom stereocenters. The molecule has 13 heteroatoms. The highest BCUT2D eigenvalue weighted by molar-refractivity contribution is 7.86. The van der Waals surface area contributed by atoms with Gasteiger partial charge in [0.1, 0.15) is 23.4 Å². The van der Waals surface area contributed by atoms with Crippen molar-refractivity contribution in [2.45, 2.75) is 43.4 Å². The zero-order valence-electron chi connectivity index (χ0n) is 16.9. The van der Waals surface area contributed by atoms with Crippen molar-refractivity contribution in [2.24, 2.45) is 11.8 Å². The predicted molar refractivity (Wildman–Crippen MR) is 99.3 cm³/mol. The SMILES string of the molecule is CC12O[C@](C)([C@H](O)[C@H]1OS(C)(=O)=O)[C@H]1C(=O)N(c3ccc(C#N)c(C(F)(F)F)c3)C(=O)[C@H]12. The van der Waals surface area contributed by atoms with Crippen molar-refractivity contribution in [1.29, 1.82) is 5.26 Å². The van der Waals surface area contributed by atoms with E-state index in [0.29, 0.717) is 11.0 Å². The van der Waals surface area contributed by atoms with Gasteiger partial charge in [-0.1, -0.05) is 0 Å². The van der Waals surface area contributed by atoms with Gasteiger partial charge in [0.15, 0.2) is 0 Å². The molecule has 6 atom stereocenters. The van der Waals surface area contributed by atoms with Crippen molar-refractivity contribution in [2.75, 3.05) is 11.2 Å². The second-order valence-corrected chi connectivity index (χ2v) is 10.0. The summed E-state index contributed by atoms with van der Waals surface area (Å²) < 4.78 is 74.3. The Bertz CT molecular complexity index is 1190. The van der Waals surface area contributed by atoms with Gasteiger partial charge in [-0.05, 0) is 32.0 Å². The molecule has 1 N–H and O–H groups in total. The van der Waals surface area contributed by atoms with E-state index in [-0.39, 0.29) is 0 Å². The summed E-state index contributed by atoms with van der Waals surface area (Å²) in [5, 5.41) is 19.7. The number of imide groups is 1. The monoisotopic (exact) mass is 474 g/mol. The summed E-state index contributed by atoms with van der Waals surface area (Å²) >= 11 is 0. The average molecular weight is 474 g/mol. The van der Waals surface area contributed by atoms with Crippen LogP contribution < -0.4 is 4.90 Å². The fourth-order valence-corrected chi connectivity index (χ4v) is 5.79. The highest BCUT2D eigenvalue weighted by Gasteiger charge is 2.80. The Kier molecular flexibility index (Phi) is 4.61. The largest absolute Gasteiger partial charge is 0.417 e. The average Bonchev–Trinajstić information content (AvgIpc) is 3.15. The Balaban J connectivity index is 1.81. The number of aliphatic hydroxyl groups is 1. The topological polar surface area (TPSA) is 134 Å². The molecule has 0 aliphatic carbocycles. The van der Waals surface area contributed by atoms with Crippen molar-refractivity contribution >= 4 is 27.6 Å². The molecule has 0 radical (unpaired) electrons. The summed E-state index contributed by atoms with van der Waals surface area (Å²) in [6.45, 7) is 2.64. The van der Waals surface area contributed by atoms with Crippen molar-refractivity contribution in [3.8, 4) is 6.07 Å². The number of amides is 2. The van der Waals surface area contributed by atoms with E-state index in [1.54, 1.807) is 0 Å². The molecule has 3 saturated heterocycles. The number of hydrogen-bond acceptors (Lipinski definition) is 8. The van der Waals surface area contributed by atoms with Crippen LogP contribution in [0.1, 0.15) is 25.0 Å². The third kappa shape index (κ3) is 2.90. The van der Waals surface area contributed by atoms with Crippen LogP contribution >= 0.6 is 0 Å². The summed E-state index contributed by atoms with van der Waals surface area (Å²) in [7, 11) is -4.09. The maximum atomic E-state index is 13.4. The Morgan fingerprint density at radius 2 is 1.75 bits per heavy atom. The molecular weight excluding hydrogens is 457 g/mol. The fourth-order valence-electron chi connectivity index (χ4n) is 5.11. The molecule has 9 nitrogen and oxygen atoms in total. The minimum Gasteiger partial charge on any atom is -0.387 e.